The van der Waals surface area contributed by atoms with Crippen molar-refractivity contribution in [2.24, 2.45) is 0 Å². The van der Waals surface area contributed by atoms with Gasteiger partial charge in [0.15, 0.2) is 6.73 Å². The van der Waals surface area contributed by atoms with E-state index < -0.39 is 0 Å². The fourth-order valence-electron chi connectivity index (χ4n) is 3.90. The highest BCUT2D eigenvalue weighted by molar-refractivity contribution is 6.05. The lowest BCUT2D eigenvalue weighted by atomic mass is 10.0. The molecule has 1 aliphatic heterocycles. The van der Waals surface area contributed by atoms with Crippen LogP contribution in [0.5, 0.6) is 11.5 Å². The molecule has 0 atom stereocenters. The average Bonchev–Trinajstić information content (AvgIpc) is 2.79. The van der Waals surface area contributed by atoms with Gasteiger partial charge in [-0.1, -0.05) is 31.5 Å². The highest BCUT2D eigenvalue weighted by atomic mass is 16.5. The normalized spacial score (nSPS) is 13.3. The van der Waals surface area contributed by atoms with Gasteiger partial charge in [-0.2, -0.15) is 0 Å². The zero-order chi connectivity index (χ0) is 20.5. The van der Waals surface area contributed by atoms with E-state index in [0.29, 0.717) is 24.2 Å². The molecule has 152 valence electrons. The SMILES string of the molecule is CCCCOc1ccc(N2COc3ccc4c(oc(=O)c5ccccc54)c3C2)cc1. The lowest BCUT2D eigenvalue weighted by Gasteiger charge is -2.31. The molecule has 0 unspecified atom stereocenters. The summed E-state index contributed by atoms with van der Waals surface area (Å²) in [5, 5.41) is 2.42. The maximum absolute atomic E-state index is 12.5. The monoisotopic (exact) mass is 401 g/mol. The second kappa shape index (κ2) is 7.75. The van der Waals surface area contributed by atoms with Crippen molar-refractivity contribution in [3.8, 4) is 11.5 Å². The third-order valence-electron chi connectivity index (χ3n) is 5.54. The zero-order valence-corrected chi connectivity index (χ0v) is 16.9. The molecule has 0 spiro atoms. The van der Waals surface area contributed by atoms with E-state index in [1.165, 1.54) is 0 Å². The number of rotatable bonds is 5. The minimum atomic E-state index is -0.322. The van der Waals surface area contributed by atoms with Gasteiger partial charge in [0.25, 0.3) is 0 Å². The molecule has 0 bridgehead atoms. The van der Waals surface area contributed by atoms with Crippen molar-refractivity contribution in [1.82, 2.24) is 0 Å². The van der Waals surface area contributed by atoms with E-state index in [4.69, 9.17) is 13.9 Å². The topological polar surface area (TPSA) is 51.9 Å². The Kier molecular flexibility index (Phi) is 4.79. The fraction of sp³-hybridized carbons (Fsp3) is 0.240. The molecule has 4 aromatic rings. The van der Waals surface area contributed by atoms with Gasteiger partial charge in [0.1, 0.15) is 17.1 Å². The molecule has 5 heteroatoms. The summed E-state index contributed by atoms with van der Waals surface area (Å²) in [7, 11) is 0. The van der Waals surface area contributed by atoms with Crippen LogP contribution >= 0.6 is 0 Å². The number of unbranched alkanes of at least 4 members (excludes halogenated alkanes) is 1. The van der Waals surface area contributed by atoms with Gasteiger partial charge < -0.3 is 18.8 Å². The first-order chi connectivity index (χ1) is 14.7. The minimum absolute atomic E-state index is 0.322. The van der Waals surface area contributed by atoms with Gasteiger partial charge in [-0.15, -0.1) is 0 Å². The van der Waals surface area contributed by atoms with Crippen LogP contribution in [0.15, 0.2) is 69.9 Å². The van der Waals surface area contributed by atoms with Gasteiger partial charge in [-0.3, -0.25) is 0 Å². The average molecular weight is 401 g/mol. The predicted octanol–water partition coefficient (Wildman–Crippen LogP) is 5.48. The first-order valence-corrected chi connectivity index (χ1v) is 10.3. The van der Waals surface area contributed by atoms with E-state index in [9.17, 15) is 4.79 Å². The number of nitrogens with zero attached hydrogens (tertiary/aromatic N) is 1. The Morgan fingerprint density at radius 1 is 0.967 bits per heavy atom. The predicted molar refractivity (Wildman–Crippen MR) is 119 cm³/mol. The summed E-state index contributed by atoms with van der Waals surface area (Å²) in [4.78, 5) is 14.7. The number of benzene rings is 3. The Hall–Kier alpha value is -3.47. The molecule has 30 heavy (non-hydrogen) atoms. The molecule has 2 heterocycles. The van der Waals surface area contributed by atoms with E-state index in [1.807, 2.05) is 54.6 Å². The van der Waals surface area contributed by atoms with Crippen LogP contribution in [-0.2, 0) is 6.54 Å². The second-order valence-electron chi connectivity index (χ2n) is 7.52. The van der Waals surface area contributed by atoms with Crippen LogP contribution in [-0.4, -0.2) is 13.3 Å². The third kappa shape index (κ3) is 3.26. The van der Waals surface area contributed by atoms with Crippen molar-refractivity contribution in [2.75, 3.05) is 18.2 Å². The number of anilines is 1. The highest BCUT2D eigenvalue weighted by Crippen LogP contribution is 2.36. The quantitative estimate of drug-likeness (QED) is 0.252. The number of fused-ring (bicyclic) bond motifs is 5. The van der Waals surface area contributed by atoms with Crippen LogP contribution in [0.2, 0.25) is 0 Å². The van der Waals surface area contributed by atoms with E-state index in [1.54, 1.807) is 6.07 Å². The Morgan fingerprint density at radius 2 is 1.77 bits per heavy atom. The van der Waals surface area contributed by atoms with Gasteiger partial charge in [-0.25, -0.2) is 4.79 Å². The van der Waals surface area contributed by atoms with Crippen molar-refractivity contribution < 1.29 is 13.9 Å². The Balaban J connectivity index is 1.49. The van der Waals surface area contributed by atoms with Gasteiger partial charge in [0.05, 0.1) is 24.1 Å². The van der Waals surface area contributed by atoms with E-state index in [-0.39, 0.29) is 5.63 Å². The summed E-state index contributed by atoms with van der Waals surface area (Å²) in [6, 6.07) is 19.5. The highest BCUT2D eigenvalue weighted by Gasteiger charge is 2.23. The van der Waals surface area contributed by atoms with Gasteiger partial charge in [0, 0.05) is 11.1 Å². The molecule has 0 radical (unpaired) electrons. The molecule has 1 aliphatic rings. The molecule has 0 aliphatic carbocycles. The van der Waals surface area contributed by atoms with Crippen LogP contribution in [0, 0.1) is 0 Å². The first-order valence-electron chi connectivity index (χ1n) is 10.3. The van der Waals surface area contributed by atoms with E-state index in [0.717, 1.165) is 53.0 Å². The largest absolute Gasteiger partial charge is 0.494 e. The number of ether oxygens (including phenoxy) is 2. The maximum atomic E-state index is 12.5. The van der Waals surface area contributed by atoms with Gasteiger partial charge in [0.2, 0.25) is 0 Å². The summed E-state index contributed by atoms with van der Waals surface area (Å²) in [6.45, 7) is 3.92. The Bertz CT molecular complexity index is 1260. The van der Waals surface area contributed by atoms with Crippen LogP contribution in [0.4, 0.5) is 5.69 Å². The summed E-state index contributed by atoms with van der Waals surface area (Å²) in [6.07, 6.45) is 2.16. The van der Waals surface area contributed by atoms with Crippen molar-refractivity contribution in [3.63, 3.8) is 0 Å². The lowest BCUT2D eigenvalue weighted by molar-refractivity contribution is 0.289. The lowest BCUT2D eigenvalue weighted by Crippen LogP contribution is -2.32. The molecule has 0 fully saturated rings. The fourth-order valence-corrected chi connectivity index (χ4v) is 3.90. The Labute approximate surface area is 174 Å². The van der Waals surface area contributed by atoms with Crippen LogP contribution in [0.3, 0.4) is 0 Å². The third-order valence-corrected chi connectivity index (χ3v) is 5.54. The molecule has 0 amide bonds. The molecule has 0 N–H and O–H groups in total. The summed E-state index contributed by atoms with van der Waals surface area (Å²) < 4.78 is 17.5. The van der Waals surface area contributed by atoms with Crippen molar-refractivity contribution in [3.05, 3.63) is 76.6 Å². The molecule has 0 saturated heterocycles. The molecule has 5 rings (SSSR count). The van der Waals surface area contributed by atoms with E-state index in [2.05, 4.69) is 11.8 Å². The molecule has 0 saturated carbocycles. The maximum Gasteiger partial charge on any atom is 0.344 e. The van der Waals surface area contributed by atoms with Gasteiger partial charge >= 0.3 is 5.63 Å². The summed E-state index contributed by atoms with van der Waals surface area (Å²) in [5.41, 5.74) is 2.20. The molecular weight excluding hydrogens is 378 g/mol. The van der Waals surface area contributed by atoms with Crippen LogP contribution in [0.25, 0.3) is 21.7 Å². The Morgan fingerprint density at radius 3 is 2.57 bits per heavy atom. The molecule has 3 aromatic carbocycles. The first kappa shape index (κ1) is 18.6. The number of hydrogen-bond donors (Lipinski definition) is 0. The molecule has 5 nitrogen and oxygen atoms in total. The summed E-state index contributed by atoms with van der Waals surface area (Å²) in [5.74, 6) is 1.63. The van der Waals surface area contributed by atoms with Gasteiger partial charge in [-0.05, 0) is 54.3 Å². The molecular formula is C25H23NO4. The van der Waals surface area contributed by atoms with Crippen molar-refractivity contribution in [1.29, 1.82) is 0 Å². The van der Waals surface area contributed by atoms with Crippen molar-refractivity contribution in [2.45, 2.75) is 26.3 Å². The molecule has 1 aromatic heterocycles. The van der Waals surface area contributed by atoms with Crippen molar-refractivity contribution >= 4 is 27.4 Å². The summed E-state index contributed by atoms with van der Waals surface area (Å²) >= 11 is 0. The van der Waals surface area contributed by atoms with Crippen LogP contribution < -0.4 is 20.0 Å². The standard InChI is InChI=1S/C25H23NO4/c1-2-3-14-28-18-10-8-17(9-11-18)26-15-22-23(29-16-26)13-12-20-19-6-4-5-7-21(19)25(27)30-24(20)22/h4-13H,2-3,14-16H2,1H3. The second-order valence-corrected chi connectivity index (χ2v) is 7.52. The zero-order valence-electron chi connectivity index (χ0n) is 16.9. The van der Waals surface area contributed by atoms with Crippen LogP contribution in [0.1, 0.15) is 25.3 Å². The van der Waals surface area contributed by atoms with E-state index >= 15 is 0 Å². The number of hydrogen-bond acceptors (Lipinski definition) is 5. The minimum Gasteiger partial charge on any atom is -0.494 e. The smallest absolute Gasteiger partial charge is 0.344 e.